The third-order valence-corrected chi connectivity index (χ3v) is 5.69. The lowest BCUT2D eigenvalue weighted by molar-refractivity contribution is 0.103. The molecule has 8 nitrogen and oxygen atoms in total. The van der Waals surface area contributed by atoms with Gasteiger partial charge in [-0.2, -0.15) is 0 Å². The fourth-order valence-corrected chi connectivity index (χ4v) is 4.26. The van der Waals surface area contributed by atoms with E-state index in [1.165, 1.54) is 25.3 Å². The fourth-order valence-electron chi connectivity index (χ4n) is 2.98. The highest BCUT2D eigenvalue weighted by Crippen LogP contribution is 2.42. The summed E-state index contributed by atoms with van der Waals surface area (Å²) in [6.07, 6.45) is 1.99. The minimum absolute atomic E-state index is 0.0979. The van der Waals surface area contributed by atoms with Crippen molar-refractivity contribution in [2.75, 3.05) is 0 Å². The van der Waals surface area contributed by atoms with Gasteiger partial charge in [0.1, 0.15) is 16.8 Å². The van der Waals surface area contributed by atoms with E-state index in [9.17, 15) is 21.6 Å². The van der Waals surface area contributed by atoms with E-state index in [2.05, 4.69) is 5.16 Å². The molecule has 0 N–H and O–H groups in total. The van der Waals surface area contributed by atoms with E-state index in [0.717, 1.165) is 12.8 Å². The van der Waals surface area contributed by atoms with Gasteiger partial charge in [-0.15, -0.1) is 0 Å². The van der Waals surface area contributed by atoms with E-state index in [1.54, 1.807) is 0 Å². The van der Waals surface area contributed by atoms with Crippen LogP contribution in [-0.2, 0) is 31.6 Å². The first-order valence-corrected chi connectivity index (χ1v) is 10.9. The number of hydrogen-bond donors (Lipinski definition) is 2. The van der Waals surface area contributed by atoms with Crippen LogP contribution in [0.4, 0.5) is 0 Å². The van der Waals surface area contributed by atoms with Crippen LogP contribution < -0.4 is 0 Å². The Kier molecular flexibility index (Phi) is 5.99. The predicted octanol–water partition coefficient (Wildman–Crippen LogP) is 2.15. The number of rotatable bonds is 8. The molecule has 0 bridgehead atoms. The number of halogens is 1. The molecule has 1 aromatic heterocycles. The maximum Gasteiger partial charge on any atom is 0.257 e. The quantitative estimate of drug-likeness (QED) is 0.480. The summed E-state index contributed by atoms with van der Waals surface area (Å²) >= 11 is 6.13. The van der Waals surface area contributed by atoms with Crippen LogP contribution in [0.25, 0.3) is 0 Å². The molecule has 0 amide bonds. The molecule has 0 radical (unpaired) electrons. The normalized spacial score (nSPS) is 15.4. The van der Waals surface area contributed by atoms with Crippen molar-refractivity contribution in [3.05, 3.63) is 51.4 Å². The molecular formula is C16H16ClNO7S2. The first-order valence-electron chi connectivity index (χ1n) is 8.03. The lowest BCUT2D eigenvalue weighted by Gasteiger charge is -2.18. The van der Waals surface area contributed by atoms with Gasteiger partial charge in [-0.3, -0.25) is 8.98 Å². The van der Waals surface area contributed by atoms with Crippen molar-refractivity contribution >= 4 is 39.1 Å². The zero-order valence-electron chi connectivity index (χ0n) is 14.1. The van der Waals surface area contributed by atoms with E-state index in [-0.39, 0.29) is 33.2 Å². The second-order valence-electron chi connectivity index (χ2n) is 6.16. The van der Waals surface area contributed by atoms with Gasteiger partial charge in [-0.25, -0.2) is 16.8 Å². The molecule has 0 saturated heterocycles. The van der Waals surface area contributed by atoms with Crippen LogP contribution in [0.15, 0.2) is 22.9 Å². The van der Waals surface area contributed by atoms with Gasteiger partial charge < -0.3 is 4.52 Å². The van der Waals surface area contributed by atoms with Crippen LogP contribution in [0.2, 0.25) is 5.02 Å². The summed E-state index contributed by atoms with van der Waals surface area (Å²) in [5, 5.41) is 3.80. The maximum atomic E-state index is 13.1. The Hall–Kier alpha value is -1.75. The van der Waals surface area contributed by atoms with E-state index < -0.39 is 39.3 Å². The number of carbonyl (C=O) groups is 1. The Bertz CT molecular complexity index is 1020. The number of hydrogen-bond acceptors (Lipinski definition) is 8. The molecule has 27 heavy (non-hydrogen) atoms. The minimum atomic E-state index is -3.23. The predicted molar refractivity (Wildman–Crippen MR) is 97.2 cm³/mol. The molecule has 1 atom stereocenters. The van der Waals surface area contributed by atoms with Gasteiger partial charge in [0.25, 0.3) is 11.0 Å². The van der Waals surface area contributed by atoms with E-state index in [1.807, 2.05) is 0 Å². The Morgan fingerprint density at radius 1 is 1.30 bits per heavy atom. The maximum absolute atomic E-state index is 13.1. The Labute approximate surface area is 163 Å². The summed E-state index contributed by atoms with van der Waals surface area (Å²) in [6, 6.07) is 2.82. The van der Waals surface area contributed by atoms with E-state index >= 15 is 0 Å². The van der Waals surface area contributed by atoms with Gasteiger partial charge in [-0.1, -0.05) is 16.8 Å². The lowest BCUT2D eigenvalue weighted by atomic mass is 9.92. The van der Waals surface area contributed by atoms with Crippen LogP contribution in [0.3, 0.4) is 0 Å². The van der Waals surface area contributed by atoms with Crippen molar-refractivity contribution in [3.8, 4) is 0 Å². The highest BCUT2D eigenvalue weighted by molar-refractivity contribution is 7.71. The van der Waals surface area contributed by atoms with Crippen LogP contribution in [0.1, 0.15) is 64.6 Å². The van der Waals surface area contributed by atoms with Gasteiger partial charge >= 0.3 is 0 Å². The second kappa shape index (κ2) is 8.09. The van der Waals surface area contributed by atoms with Crippen LogP contribution >= 0.6 is 11.6 Å². The molecule has 1 aromatic carbocycles. The van der Waals surface area contributed by atoms with Crippen molar-refractivity contribution < 1.29 is 30.3 Å². The summed E-state index contributed by atoms with van der Waals surface area (Å²) in [5.74, 6) is -0.306. The van der Waals surface area contributed by atoms with Crippen LogP contribution in [0, 0.1) is 0 Å². The standard InChI is InChI=1S/C16H16ClNO7S2/c1-8(25-27(22)23)14-10(4-5-13(17)12(14)7-26(20)21)15(19)11-6-18-24-16(11)9-2-3-9/h4-6,8-9,26-27H,2-3,7H2,1H3. The van der Waals surface area contributed by atoms with E-state index in [4.69, 9.17) is 20.3 Å². The Balaban J connectivity index is 2.15. The smallest absolute Gasteiger partial charge is 0.257 e. The number of nitrogens with zero attached hydrogens (tertiary/aromatic N) is 1. The molecule has 11 heteroatoms. The van der Waals surface area contributed by atoms with Gasteiger partial charge in [0.15, 0.2) is 11.5 Å². The molecule has 1 aliphatic rings. The van der Waals surface area contributed by atoms with Crippen LogP contribution in [0.5, 0.6) is 0 Å². The largest absolute Gasteiger partial charge is 0.360 e. The summed E-state index contributed by atoms with van der Waals surface area (Å²) in [5.41, 5.74) is 0.610. The van der Waals surface area contributed by atoms with Crippen molar-refractivity contribution in [1.82, 2.24) is 5.16 Å². The topological polar surface area (TPSA) is 121 Å². The molecule has 1 fully saturated rings. The van der Waals surface area contributed by atoms with Crippen LogP contribution in [-0.4, -0.2) is 27.8 Å². The zero-order valence-corrected chi connectivity index (χ0v) is 16.6. The third kappa shape index (κ3) is 4.40. The van der Waals surface area contributed by atoms with Crippen molar-refractivity contribution in [1.29, 1.82) is 0 Å². The van der Waals surface area contributed by atoms with Crippen molar-refractivity contribution in [2.24, 2.45) is 0 Å². The van der Waals surface area contributed by atoms with Gasteiger partial charge in [0.05, 0.1) is 17.5 Å². The first kappa shape index (κ1) is 20.0. The molecule has 2 aromatic rings. The average molecular weight is 434 g/mol. The number of thiol groups is 2. The number of carbonyl (C=O) groups excluding carboxylic acids is 1. The summed E-state index contributed by atoms with van der Waals surface area (Å²) in [7, 11) is -6.10. The van der Waals surface area contributed by atoms with Gasteiger partial charge in [0, 0.05) is 16.5 Å². The molecule has 0 aliphatic heterocycles. The summed E-state index contributed by atoms with van der Waals surface area (Å²) in [6.45, 7) is 1.41. The zero-order chi connectivity index (χ0) is 19.7. The number of benzene rings is 1. The summed E-state index contributed by atoms with van der Waals surface area (Å²) < 4.78 is 54.6. The molecule has 3 rings (SSSR count). The van der Waals surface area contributed by atoms with E-state index in [0.29, 0.717) is 5.76 Å². The van der Waals surface area contributed by atoms with Crippen molar-refractivity contribution in [2.45, 2.75) is 37.5 Å². The monoisotopic (exact) mass is 433 g/mol. The lowest BCUT2D eigenvalue weighted by Crippen LogP contribution is -2.14. The minimum Gasteiger partial charge on any atom is -0.360 e. The molecule has 0 spiro atoms. The number of ketones is 1. The highest BCUT2D eigenvalue weighted by atomic mass is 35.5. The molecule has 1 aliphatic carbocycles. The first-order chi connectivity index (χ1) is 12.8. The van der Waals surface area contributed by atoms with Gasteiger partial charge in [0.2, 0.25) is 0 Å². The van der Waals surface area contributed by atoms with Gasteiger partial charge in [-0.05, 0) is 43.0 Å². The number of aromatic nitrogens is 1. The molecule has 1 unspecified atom stereocenters. The SMILES string of the molecule is CC(O[SH](=O)=O)c1c(C(=O)c2cnoc2C2CC2)ccc(Cl)c1C[SH](=O)=O. The average Bonchev–Trinajstić information content (AvgIpc) is 3.31. The summed E-state index contributed by atoms with van der Waals surface area (Å²) in [4.78, 5) is 13.1. The Morgan fingerprint density at radius 3 is 2.59 bits per heavy atom. The molecule has 1 saturated carbocycles. The molecule has 1 heterocycles. The molecular weight excluding hydrogens is 418 g/mol. The van der Waals surface area contributed by atoms with Crippen molar-refractivity contribution in [3.63, 3.8) is 0 Å². The highest BCUT2D eigenvalue weighted by Gasteiger charge is 2.34. The Morgan fingerprint density at radius 2 is 2.00 bits per heavy atom. The third-order valence-electron chi connectivity index (χ3n) is 4.27. The fraction of sp³-hybridized carbons (Fsp3) is 0.375. The second-order valence-corrected chi connectivity index (χ2v) is 8.20. The molecule has 146 valence electrons.